The molecule has 2 aromatic heterocycles. The van der Waals surface area contributed by atoms with Crippen LogP contribution in [0, 0.1) is 0 Å². The molecule has 10 rings (SSSR count). The predicted molar refractivity (Wildman–Crippen MR) is 204 cm³/mol. The Hall–Kier alpha value is -6.58. The molecule has 0 aliphatic rings. The van der Waals surface area contributed by atoms with Gasteiger partial charge in [0.25, 0.3) is 0 Å². The van der Waals surface area contributed by atoms with E-state index in [4.69, 9.17) is 8.83 Å². The van der Waals surface area contributed by atoms with Gasteiger partial charge in [-0.1, -0.05) is 115 Å². The van der Waals surface area contributed by atoms with Gasteiger partial charge in [-0.25, -0.2) is 0 Å². The Labute approximate surface area is 282 Å². The van der Waals surface area contributed by atoms with Crippen molar-refractivity contribution in [3.8, 4) is 22.3 Å². The highest BCUT2D eigenvalue weighted by Crippen LogP contribution is 2.44. The first-order valence-electron chi connectivity index (χ1n) is 16.6. The summed E-state index contributed by atoms with van der Waals surface area (Å²) in [6.45, 7) is 0. The zero-order valence-corrected chi connectivity index (χ0v) is 26.5. The Bertz CT molecular complexity index is 2850. The van der Waals surface area contributed by atoms with E-state index in [2.05, 4.69) is 157 Å². The number of rotatable bonds is 5. The van der Waals surface area contributed by atoms with Crippen molar-refractivity contribution in [2.75, 3.05) is 4.90 Å². The van der Waals surface area contributed by atoms with Gasteiger partial charge < -0.3 is 13.7 Å². The van der Waals surface area contributed by atoms with Crippen molar-refractivity contribution < 1.29 is 8.83 Å². The Kier molecular flexibility index (Phi) is 6.18. The van der Waals surface area contributed by atoms with Crippen molar-refractivity contribution in [2.45, 2.75) is 0 Å². The van der Waals surface area contributed by atoms with Gasteiger partial charge in [0, 0.05) is 44.5 Å². The highest BCUT2D eigenvalue weighted by Gasteiger charge is 2.20. The summed E-state index contributed by atoms with van der Waals surface area (Å²) in [4.78, 5) is 2.35. The molecular formula is C46H29NO2. The van der Waals surface area contributed by atoms with Gasteiger partial charge in [-0.05, 0) is 82.1 Å². The van der Waals surface area contributed by atoms with Crippen LogP contribution in [0.4, 0.5) is 17.1 Å². The van der Waals surface area contributed by atoms with Crippen LogP contribution in [0.25, 0.3) is 76.9 Å². The Morgan fingerprint density at radius 3 is 1.69 bits per heavy atom. The van der Waals surface area contributed by atoms with E-state index in [0.29, 0.717) is 0 Å². The lowest BCUT2D eigenvalue weighted by molar-refractivity contribution is 0.668. The van der Waals surface area contributed by atoms with Crippen molar-refractivity contribution in [2.24, 2.45) is 0 Å². The van der Waals surface area contributed by atoms with Crippen molar-refractivity contribution in [3.63, 3.8) is 0 Å². The first-order valence-corrected chi connectivity index (χ1v) is 16.6. The number of hydrogen-bond donors (Lipinski definition) is 0. The molecule has 0 aliphatic carbocycles. The van der Waals surface area contributed by atoms with Crippen molar-refractivity contribution in [3.05, 3.63) is 176 Å². The topological polar surface area (TPSA) is 29.5 Å². The third-order valence-corrected chi connectivity index (χ3v) is 9.66. The van der Waals surface area contributed by atoms with Crippen LogP contribution in [0.1, 0.15) is 0 Å². The molecule has 0 atom stereocenters. The number of para-hydroxylation sites is 3. The zero-order chi connectivity index (χ0) is 32.3. The smallest absolute Gasteiger partial charge is 0.137 e. The summed E-state index contributed by atoms with van der Waals surface area (Å²) in [7, 11) is 0. The number of hydrogen-bond acceptors (Lipinski definition) is 3. The van der Waals surface area contributed by atoms with Gasteiger partial charge in [0.05, 0.1) is 5.69 Å². The molecular weight excluding hydrogens is 599 g/mol. The van der Waals surface area contributed by atoms with Gasteiger partial charge in [-0.3, -0.25) is 0 Å². The van der Waals surface area contributed by atoms with Crippen molar-refractivity contribution in [1.82, 2.24) is 0 Å². The molecule has 0 spiro atoms. The number of anilines is 3. The Morgan fingerprint density at radius 1 is 0.327 bits per heavy atom. The third-order valence-electron chi connectivity index (χ3n) is 9.66. The molecule has 49 heavy (non-hydrogen) atoms. The quantitative estimate of drug-likeness (QED) is 0.190. The molecule has 0 N–H and O–H groups in total. The molecule has 8 aromatic carbocycles. The minimum Gasteiger partial charge on any atom is -0.456 e. The molecule has 0 aliphatic heterocycles. The molecule has 2 heterocycles. The van der Waals surface area contributed by atoms with E-state index < -0.39 is 0 Å². The number of benzene rings is 8. The monoisotopic (exact) mass is 627 g/mol. The summed E-state index contributed by atoms with van der Waals surface area (Å²) < 4.78 is 12.7. The molecule has 0 saturated carbocycles. The maximum absolute atomic E-state index is 6.41. The molecule has 10 aromatic rings. The van der Waals surface area contributed by atoms with Gasteiger partial charge in [-0.15, -0.1) is 0 Å². The van der Waals surface area contributed by atoms with E-state index in [0.717, 1.165) is 77.6 Å². The lowest BCUT2D eigenvalue weighted by Gasteiger charge is -2.28. The molecule has 0 fully saturated rings. The molecule has 0 unspecified atom stereocenters. The van der Waals surface area contributed by atoms with Crippen LogP contribution < -0.4 is 4.90 Å². The summed E-state index contributed by atoms with van der Waals surface area (Å²) in [5.41, 5.74) is 11.2. The molecule has 0 saturated heterocycles. The van der Waals surface area contributed by atoms with Gasteiger partial charge in [0.15, 0.2) is 0 Å². The maximum atomic E-state index is 6.41. The van der Waals surface area contributed by atoms with E-state index >= 15 is 0 Å². The van der Waals surface area contributed by atoms with Crippen LogP contribution in [0.3, 0.4) is 0 Å². The molecule has 0 radical (unpaired) electrons. The van der Waals surface area contributed by atoms with Crippen LogP contribution in [0.2, 0.25) is 0 Å². The minimum absolute atomic E-state index is 0.857. The second-order valence-corrected chi connectivity index (χ2v) is 12.5. The standard InChI is InChI=1S/C46H29NO2/c1-2-15-35-30(11-1)12-10-19-36(35)31-13-9-14-33(27-31)47(34-24-26-41-39-18-5-8-22-44(39)49-46(41)29-34)42-20-6-3-16-37(42)32-23-25-40-38-17-4-7-21-43(38)48-45(40)28-32/h1-29H. The third kappa shape index (κ3) is 4.51. The predicted octanol–water partition coefficient (Wildman–Crippen LogP) is 13.4. The van der Waals surface area contributed by atoms with Crippen LogP contribution in [0.5, 0.6) is 0 Å². The van der Waals surface area contributed by atoms with Gasteiger partial charge in [0.2, 0.25) is 0 Å². The SMILES string of the molecule is c1cc(-c2cccc3ccccc23)cc(N(c2ccc3c(c2)oc2ccccc23)c2ccccc2-c2ccc3c(c2)oc2ccccc23)c1. The van der Waals surface area contributed by atoms with E-state index in [-0.39, 0.29) is 0 Å². The first kappa shape index (κ1) is 27.5. The molecule has 3 nitrogen and oxygen atoms in total. The van der Waals surface area contributed by atoms with E-state index in [1.807, 2.05) is 24.3 Å². The normalized spacial score (nSPS) is 11.7. The van der Waals surface area contributed by atoms with E-state index in [1.165, 1.54) is 16.3 Å². The maximum Gasteiger partial charge on any atom is 0.137 e. The fourth-order valence-electron chi connectivity index (χ4n) is 7.38. The van der Waals surface area contributed by atoms with Gasteiger partial charge >= 0.3 is 0 Å². The van der Waals surface area contributed by atoms with Crippen LogP contribution >= 0.6 is 0 Å². The summed E-state index contributed by atoms with van der Waals surface area (Å²) in [6, 6.07) is 62.1. The van der Waals surface area contributed by atoms with Gasteiger partial charge in [-0.2, -0.15) is 0 Å². The first-order chi connectivity index (χ1) is 24.3. The molecule has 0 amide bonds. The average Bonchev–Trinajstić information content (AvgIpc) is 3.73. The molecule has 3 heteroatoms. The summed E-state index contributed by atoms with van der Waals surface area (Å²) >= 11 is 0. The average molecular weight is 628 g/mol. The highest BCUT2D eigenvalue weighted by molar-refractivity contribution is 6.08. The molecule has 0 bridgehead atoms. The zero-order valence-electron chi connectivity index (χ0n) is 26.5. The Balaban J connectivity index is 1.19. The Morgan fingerprint density at radius 2 is 0.878 bits per heavy atom. The lowest BCUT2D eigenvalue weighted by atomic mass is 9.97. The van der Waals surface area contributed by atoms with Crippen molar-refractivity contribution in [1.29, 1.82) is 0 Å². The number of nitrogens with zero attached hydrogens (tertiary/aromatic N) is 1. The second-order valence-electron chi connectivity index (χ2n) is 12.5. The molecule has 230 valence electrons. The second kappa shape index (κ2) is 11.0. The van der Waals surface area contributed by atoms with Crippen LogP contribution in [0.15, 0.2) is 185 Å². The van der Waals surface area contributed by atoms with E-state index in [9.17, 15) is 0 Å². The summed E-state index contributed by atoms with van der Waals surface area (Å²) in [5.74, 6) is 0. The number of furan rings is 2. The minimum atomic E-state index is 0.857. The van der Waals surface area contributed by atoms with Crippen molar-refractivity contribution >= 4 is 71.7 Å². The lowest BCUT2D eigenvalue weighted by Crippen LogP contribution is -2.11. The fraction of sp³-hybridized carbons (Fsp3) is 0. The van der Waals surface area contributed by atoms with Crippen LogP contribution in [-0.2, 0) is 0 Å². The van der Waals surface area contributed by atoms with E-state index in [1.54, 1.807) is 0 Å². The highest BCUT2D eigenvalue weighted by atomic mass is 16.3. The van der Waals surface area contributed by atoms with Gasteiger partial charge in [0.1, 0.15) is 22.3 Å². The summed E-state index contributed by atoms with van der Waals surface area (Å²) in [6.07, 6.45) is 0. The fourth-order valence-corrected chi connectivity index (χ4v) is 7.38. The summed E-state index contributed by atoms with van der Waals surface area (Å²) in [5, 5.41) is 6.93. The number of fused-ring (bicyclic) bond motifs is 7. The van der Waals surface area contributed by atoms with Crippen LogP contribution in [-0.4, -0.2) is 0 Å². The largest absolute Gasteiger partial charge is 0.456 e.